The molecule has 0 aliphatic carbocycles. The number of esters is 1. The van der Waals surface area contributed by atoms with E-state index in [1.807, 2.05) is 90.3 Å². The van der Waals surface area contributed by atoms with Crippen LogP contribution in [0, 0.1) is 19.3 Å². The molecule has 8 nitrogen and oxygen atoms in total. The predicted octanol–water partition coefficient (Wildman–Crippen LogP) is 7.69. The Morgan fingerprint density at radius 3 is 2.27 bits per heavy atom. The molecule has 0 radical (unpaired) electrons. The van der Waals surface area contributed by atoms with E-state index in [9.17, 15) is 4.79 Å². The Labute approximate surface area is 263 Å². The first-order valence-electron chi connectivity index (χ1n) is 15.7. The van der Waals surface area contributed by atoms with Crippen LogP contribution in [0.15, 0.2) is 48.8 Å². The number of piperidine rings is 1. The van der Waals surface area contributed by atoms with E-state index in [-0.39, 0.29) is 11.5 Å². The van der Waals surface area contributed by atoms with E-state index in [1.165, 1.54) is 5.56 Å². The molecule has 0 unspecified atom stereocenters. The lowest BCUT2D eigenvalue weighted by Gasteiger charge is -2.41. The van der Waals surface area contributed by atoms with E-state index in [0.717, 1.165) is 65.6 Å². The van der Waals surface area contributed by atoms with E-state index in [0.29, 0.717) is 13.2 Å². The van der Waals surface area contributed by atoms with Crippen LogP contribution in [0.5, 0.6) is 5.75 Å². The lowest BCUT2D eigenvalue weighted by molar-refractivity contribution is -0.171. The smallest absolute Gasteiger partial charge is 0.340 e. The van der Waals surface area contributed by atoms with Gasteiger partial charge in [0, 0.05) is 42.7 Å². The maximum Gasteiger partial charge on any atom is 0.340 e. The number of aromatic nitrogens is 2. The molecule has 1 N–H and O–H groups in total. The van der Waals surface area contributed by atoms with Gasteiger partial charge < -0.3 is 24.4 Å². The van der Waals surface area contributed by atoms with Crippen molar-refractivity contribution in [3.63, 3.8) is 0 Å². The second kappa shape index (κ2) is 14.0. The monoisotopic (exact) mass is 602 g/mol. The molecule has 0 spiro atoms. The maximum absolute atomic E-state index is 13.6. The van der Waals surface area contributed by atoms with Gasteiger partial charge in [-0.25, -0.2) is 4.79 Å². The number of ether oxygens (including phenoxy) is 3. The first-order valence-corrected chi connectivity index (χ1v) is 15.7. The summed E-state index contributed by atoms with van der Waals surface area (Å²) in [6, 6.07) is 12.1. The van der Waals surface area contributed by atoms with Crippen molar-refractivity contribution in [2.24, 2.45) is 5.41 Å². The molecule has 8 heteroatoms. The average Bonchev–Trinajstić information content (AvgIpc) is 2.95. The number of rotatable bonds is 11. The van der Waals surface area contributed by atoms with E-state index >= 15 is 0 Å². The second-order valence-corrected chi connectivity index (χ2v) is 13.8. The number of nitrogens with zero attached hydrogens (tertiary/aromatic N) is 3. The number of hydrogen-bond donors (Lipinski definition) is 1. The van der Waals surface area contributed by atoms with Gasteiger partial charge in [0.1, 0.15) is 12.4 Å². The third-order valence-electron chi connectivity index (χ3n) is 7.78. The van der Waals surface area contributed by atoms with Gasteiger partial charge in [0.05, 0.1) is 35.0 Å². The van der Waals surface area contributed by atoms with Crippen LogP contribution in [0.1, 0.15) is 84.2 Å². The Morgan fingerprint density at radius 2 is 1.68 bits per heavy atom. The predicted molar refractivity (Wildman–Crippen MR) is 177 cm³/mol. The minimum Gasteiger partial charge on any atom is -0.492 e. The third kappa shape index (κ3) is 8.94. The van der Waals surface area contributed by atoms with E-state index in [1.54, 1.807) is 0 Å². The number of nitrogens with one attached hydrogen (secondary N) is 1. The normalized spacial score (nSPS) is 15.6. The zero-order valence-electron chi connectivity index (χ0n) is 28.0. The molecule has 238 valence electrons. The Morgan fingerprint density at radius 1 is 1.00 bits per heavy atom. The van der Waals surface area contributed by atoms with Crippen molar-refractivity contribution in [1.82, 2.24) is 9.97 Å². The number of pyridine rings is 2. The summed E-state index contributed by atoms with van der Waals surface area (Å²) in [4.78, 5) is 25.6. The van der Waals surface area contributed by atoms with E-state index < -0.39 is 17.7 Å². The summed E-state index contributed by atoms with van der Waals surface area (Å²) in [7, 11) is 0. The Balaban J connectivity index is 1.66. The molecule has 4 rings (SSSR count). The Kier molecular flexibility index (Phi) is 10.6. The van der Waals surface area contributed by atoms with Crippen molar-refractivity contribution in [1.29, 1.82) is 0 Å². The van der Waals surface area contributed by atoms with E-state index in [2.05, 4.69) is 31.0 Å². The molecule has 44 heavy (non-hydrogen) atoms. The molecule has 1 atom stereocenters. The minimum atomic E-state index is -0.927. The highest BCUT2D eigenvalue weighted by Gasteiger charge is 2.37. The van der Waals surface area contributed by atoms with Gasteiger partial charge >= 0.3 is 5.97 Å². The molecular formula is C36H50N4O4. The molecule has 0 bridgehead atoms. The van der Waals surface area contributed by atoms with Crippen LogP contribution in [0.2, 0.25) is 0 Å². The zero-order valence-corrected chi connectivity index (χ0v) is 28.0. The molecule has 3 aromatic rings. The van der Waals surface area contributed by atoms with Crippen molar-refractivity contribution < 1.29 is 19.0 Å². The quantitative estimate of drug-likeness (QED) is 0.177. The molecule has 0 amide bonds. The molecule has 1 saturated heterocycles. The standard InChI is InChI=1S/C36H50N4O4/c1-24(2)43-34(41)33(44-35(5,6)7)31-26(4)38-23-29(32(31)40-19-16-36(8,9)17-20-40)30-15-12-27(22-39-30)37-18-21-42-28-13-10-25(3)11-14-28/h10-15,22-24,33,37H,16-21H2,1-9H3/t33-/m0/s1. The molecule has 1 fully saturated rings. The summed E-state index contributed by atoms with van der Waals surface area (Å²) in [5.41, 5.74) is 5.88. The van der Waals surface area contributed by atoms with Gasteiger partial charge in [-0.3, -0.25) is 9.97 Å². The summed E-state index contributed by atoms with van der Waals surface area (Å²) < 4.78 is 18.1. The van der Waals surface area contributed by atoms with Crippen molar-refractivity contribution in [3.8, 4) is 17.0 Å². The molecule has 2 aromatic heterocycles. The van der Waals surface area contributed by atoms with Crippen LogP contribution in [0.3, 0.4) is 0 Å². The summed E-state index contributed by atoms with van der Waals surface area (Å²) in [6.07, 6.45) is 4.59. The summed E-state index contributed by atoms with van der Waals surface area (Å²) >= 11 is 0. The number of hydrogen-bond acceptors (Lipinski definition) is 8. The SMILES string of the molecule is Cc1ccc(OCCNc2ccc(-c3cnc(C)c([C@H](OC(C)(C)C)C(=O)OC(C)C)c3N3CCC(C)(C)CC3)nc2)cc1. The Hall–Kier alpha value is -3.65. The first-order chi connectivity index (χ1) is 20.7. The van der Waals surface area contributed by atoms with Gasteiger partial charge in [-0.05, 0) is 91.0 Å². The largest absolute Gasteiger partial charge is 0.492 e. The number of aryl methyl sites for hydroxylation is 2. The van der Waals surface area contributed by atoms with Crippen molar-refractivity contribution in [3.05, 3.63) is 65.6 Å². The summed E-state index contributed by atoms with van der Waals surface area (Å²) in [5, 5.41) is 3.39. The van der Waals surface area contributed by atoms with Gasteiger partial charge in [-0.2, -0.15) is 0 Å². The van der Waals surface area contributed by atoms with Gasteiger partial charge in [-0.1, -0.05) is 31.5 Å². The fraction of sp³-hybridized carbons (Fsp3) is 0.528. The van der Waals surface area contributed by atoms with Crippen molar-refractivity contribution in [2.45, 2.75) is 93.0 Å². The average molecular weight is 603 g/mol. The highest BCUT2D eigenvalue weighted by atomic mass is 16.6. The number of anilines is 2. The van der Waals surface area contributed by atoms with Crippen molar-refractivity contribution >= 4 is 17.3 Å². The van der Waals surface area contributed by atoms with Crippen LogP contribution in [0.25, 0.3) is 11.3 Å². The molecule has 3 heterocycles. The van der Waals surface area contributed by atoms with Gasteiger partial charge in [0.25, 0.3) is 0 Å². The van der Waals surface area contributed by atoms with E-state index in [4.69, 9.17) is 24.2 Å². The van der Waals surface area contributed by atoms with Gasteiger partial charge in [0.15, 0.2) is 6.10 Å². The van der Waals surface area contributed by atoms with Crippen molar-refractivity contribution in [2.75, 3.05) is 36.5 Å². The maximum atomic E-state index is 13.6. The fourth-order valence-corrected chi connectivity index (χ4v) is 5.32. The van der Waals surface area contributed by atoms with Crippen LogP contribution in [0.4, 0.5) is 11.4 Å². The van der Waals surface area contributed by atoms with Crippen LogP contribution >= 0.6 is 0 Å². The van der Waals surface area contributed by atoms with Crippen LogP contribution in [-0.4, -0.2) is 53.9 Å². The summed E-state index contributed by atoms with van der Waals surface area (Å²) in [5.74, 6) is 0.448. The summed E-state index contributed by atoms with van der Waals surface area (Å²) in [6.45, 7) is 21.1. The number of carbonyl (C=O) groups excluding carboxylic acids is 1. The first kappa shape index (κ1) is 33.2. The molecule has 1 aliphatic rings. The molecule has 0 saturated carbocycles. The van der Waals surface area contributed by atoms with Crippen LogP contribution < -0.4 is 15.0 Å². The Bertz CT molecular complexity index is 1390. The minimum absolute atomic E-state index is 0.255. The lowest BCUT2D eigenvalue weighted by Crippen LogP contribution is -2.39. The molecule has 1 aliphatic heterocycles. The molecule has 1 aromatic carbocycles. The lowest BCUT2D eigenvalue weighted by atomic mass is 9.82. The van der Waals surface area contributed by atoms with Crippen LogP contribution in [-0.2, 0) is 14.3 Å². The highest BCUT2D eigenvalue weighted by Crippen LogP contribution is 2.43. The second-order valence-electron chi connectivity index (χ2n) is 13.8. The zero-order chi connectivity index (χ0) is 32.1. The molecular weight excluding hydrogens is 552 g/mol. The van der Waals surface area contributed by atoms with Gasteiger partial charge in [-0.15, -0.1) is 0 Å². The number of benzene rings is 1. The highest BCUT2D eigenvalue weighted by molar-refractivity contribution is 5.86. The van der Waals surface area contributed by atoms with Gasteiger partial charge in [0.2, 0.25) is 0 Å². The number of carbonyl (C=O) groups is 1. The third-order valence-corrected chi connectivity index (χ3v) is 7.78. The fourth-order valence-electron chi connectivity index (χ4n) is 5.32. The topological polar surface area (TPSA) is 85.8 Å².